The van der Waals surface area contributed by atoms with Crippen molar-refractivity contribution in [2.24, 2.45) is 0 Å². The zero-order chi connectivity index (χ0) is 17.4. The Morgan fingerprint density at radius 3 is 2.50 bits per heavy atom. The zero-order valence-corrected chi connectivity index (χ0v) is 14.7. The van der Waals surface area contributed by atoms with E-state index >= 15 is 0 Å². The second-order valence-electron chi connectivity index (χ2n) is 6.37. The second-order valence-corrected chi connectivity index (χ2v) is 6.37. The van der Waals surface area contributed by atoms with Crippen LogP contribution in [0.15, 0.2) is 24.3 Å². The maximum atomic E-state index is 12.4. The van der Waals surface area contributed by atoms with Gasteiger partial charge in [-0.3, -0.25) is 9.69 Å². The SMILES string of the molecule is CCOC(=O)c1ccccc1NC(=O)CN(C)C1CCCCCC1. The molecule has 2 rings (SSSR count). The highest BCUT2D eigenvalue weighted by atomic mass is 16.5. The standard InChI is InChI=1S/C19H28N2O3/c1-3-24-19(23)16-12-8-9-13-17(16)20-18(22)14-21(2)15-10-6-4-5-7-11-15/h8-9,12-13,15H,3-7,10-11,14H2,1-2H3,(H,20,22). The summed E-state index contributed by atoms with van der Waals surface area (Å²) in [6.45, 7) is 2.41. The van der Waals surface area contributed by atoms with Crippen molar-refractivity contribution >= 4 is 17.6 Å². The summed E-state index contributed by atoms with van der Waals surface area (Å²) in [7, 11) is 2.01. The molecule has 5 heteroatoms. The minimum absolute atomic E-state index is 0.0986. The van der Waals surface area contributed by atoms with Crippen LogP contribution in [0.25, 0.3) is 0 Å². The number of para-hydroxylation sites is 1. The first-order valence-corrected chi connectivity index (χ1v) is 8.88. The molecule has 0 heterocycles. The van der Waals surface area contributed by atoms with E-state index in [0.29, 0.717) is 30.4 Å². The van der Waals surface area contributed by atoms with Crippen LogP contribution in [0.5, 0.6) is 0 Å². The third kappa shape index (κ3) is 5.34. The van der Waals surface area contributed by atoms with E-state index in [1.54, 1.807) is 31.2 Å². The summed E-state index contributed by atoms with van der Waals surface area (Å²) in [5.41, 5.74) is 0.903. The number of benzene rings is 1. The fourth-order valence-electron chi connectivity index (χ4n) is 3.22. The maximum absolute atomic E-state index is 12.4. The van der Waals surface area contributed by atoms with Gasteiger partial charge in [-0.1, -0.05) is 37.8 Å². The summed E-state index contributed by atoms with van der Waals surface area (Å²) >= 11 is 0. The third-order valence-electron chi connectivity index (χ3n) is 4.54. The summed E-state index contributed by atoms with van der Waals surface area (Å²) in [5, 5.41) is 2.85. The van der Waals surface area contributed by atoms with Crippen LogP contribution in [0, 0.1) is 0 Å². The number of nitrogens with zero attached hydrogens (tertiary/aromatic N) is 1. The predicted octanol–water partition coefficient (Wildman–Crippen LogP) is 3.46. The first-order chi connectivity index (χ1) is 11.6. The fraction of sp³-hybridized carbons (Fsp3) is 0.579. The van der Waals surface area contributed by atoms with E-state index in [4.69, 9.17) is 4.74 Å². The molecule has 1 aromatic rings. The normalized spacial score (nSPS) is 15.8. The largest absolute Gasteiger partial charge is 0.462 e. The average Bonchev–Trinajstić information content (AvgIpc) is 2.84. The van der Waals surface area contributed by atoms with Gasteiger partial charge in [-0.25, -0.2) is 4.79 Å². The number of anilines is 1. The number of ether oxygens (including phenoxy) is 1. The van der Waals surface area contributed by atoms with Gasteiger partial charge < -0.3 is 10.1 Å². The molecule has 0 aliphatic heterocycles. The van der Waals surface area contributed by atoms with Gasteiger partial charge in [0.25, 0.3) is 0 Å². The molecular formula is C19H28N2O3. The molecule has 5 nitrogen and oxygen atoms in total. The predicted molar refractivity (Wildman–Crippen MR) is 95.1 cm³/mol. The fourth-order valence-corrected chi connectivity index (χ4v) is 3.22. The smallest absolute Gasteiger partial charge is 0.340 e. The lowest BCUT2D eigenvalue weighted by molar-refractivity contribution is -0.117. The maximum Gasteiger partial charge on any atom is 0.340 e. The summed E-state index contributed by atoms with van der Waals surface area (Å²) in [6, 6.07) is 7.43. The van der Waals surface area contributed by atoms with Gasteiger partial charge in [-0.15, -0.1) is 0 Å². The Hall–Kier alpha value is -1.88. The number of hydrogen-bond donors (Lipinski definition) is 1. The van der Waals surface area contributed by atoms with Gasteiger partial charge in [0.15, 0.2) is 0 Å². The molecule has 0 unspecified atom stereocenters. The van der Waals surface area contributed by atoms with Gasteiger partial charge in [0.2, 0.25) is 5.91 Å². The van der Waals surface area contributed by atoms with Gasteiger partial charge in [0.05, 0.1) is 24.4 Å². The number of amides is 1. The highest BCUT2D eigenvalue weighted by Crippen LogP contribution is 2.21. The molecule has 24 heavy (non-hydrogen) atoms. The first-order valence-electron chi connectivity index (χ1n) is 8.88. The second kappa shape index (κ2) is 9.42. The quantitative estimate of drug-likeness (QED) is 0.640. The molecule has 1 aromatic carbocycles. The van der Waals surface area contributed by atoms with Crippen LogP contribution >= 0.6 is 0 Å². The van der Waals surface area contributed by atoms with Crippen molar-refractivity contribution in [1.82, 2.24) is 4.90 Å². The van der Waals surface area contributed by atoms with Crippen LogP contribution < -0.4 is 5.32 Å². The molecule has 0 saturated heterocycles. The Balaban J connectivity index is 1.95. The number of likely N-dealkylation sites (N-methyl/N-ethyl adjacent to an activating group) is 1. The van der Waals surface area contributed by atoms with Crippen LogP contribution in [-0.4, -0.2) is 43.0 Å². The number of rotatable bonds is 6. The molecule has 1 aliphatic carbocycles. The number of hydrogen-bond acceptors (Lipinski definition) is 4. The monoisotopic (exact) mass is 332 g/mol. The van der Waals surface area contributed by atoms with Crippen molar-refractivity contribution in [1.29, 1.82) is 0 Å². The Morgan fingerprint density at radius 2 is 1.83 bits per heavy atom. The van der Waals surface area contributed by atoms with Gasteiger partial charge in [0.1, 0.15) is 0 Å². The Kier molecular flexibility index (Phi) is 7.25. The topological polar surface area (TPSA) is 58.6 Å². The van der Waals surface area contributed by atoms with Gasteiger partial charge in [0, 0.05) is 6.04 Å². The molecule has 1 saturated carbocycles. The van der Waals surface area contributed by atoms with E-state index in [2.05, 4.69) is 10.2 Å². The molecular weight excluding hydrogens is 304 g/mol. The molecule has 0 radical (unpaired) electrons. The first kappa shape index (κ1) is 18.5. The number of esters is 1. The van der Waals surface area contributed by atoms with Crippen molar-refractivity contribution in [3.63, 3.8) is 0 Å². The molecule has 0 atom stereocenters. The average molecular weight is 332 g/mol. The summed E-state index contributed by atoms with van der Waals surface area (Å²) in [4.78, 5) is 26.5. The zero-order valence-electron chi connectivity index (χ0n) is 14.7. The molecule has 132 valence electrons. The lowest BCUT2D eigenvalue weighted by atomic mass is 10.1. The van der Waals surface area contributed by atoms with Gasteiger partial charge >= 0.3 is 5.97 Å². The van der Waals surface area contributed by atoms with E-state index in [9.17, 15) is 9.59 Å². The molecule has 0 bridgehead atoms. The molecule has 1 amide bonds. The number of carbonyl (C=O) groups is 2. The van der Waals surface area contributed by atoms with E-state index < -0.39 is 5.97 Å². The minimum Gasteiger partial charge on any atom is -0.462 e. The van der Waals surface area contributed by atoms with Crippen LogP contribution in [-0.2, 0) is 9.53 Å². The van der Waals surface area contributed by atoms with Crippen LogP contribution in [0.3, 0.4) is 0 Å². The van der Waals surface area contributed by atoms with E-state index in [0.717, 1.165) is 12.8 Å². The summed E-state index contributed by atoms with van der Waals surface area (Å²) in [6.07, 6.45) is 7.38. The Labute approximate surface area is 144 Å². The highest BCUT2D eigenvalue weighted by Gasteiger charge is 2.20. The van der Waals surface area contributed by atoms with E-state index in [-0.39, 0.29) is 5.91 Å². The highest BCUT2D eigenvalue weighted by molar-refractivity contribution is 6.01. The summed E-state index contributed by atoms with van der Waals surface area (Å²) in [5.74, 6) is -0.510. The molecule has 0 aromatic heterocycles. The van der Waals surface area contributed by atoms with Crippen molar-refractivity contribution < 1.29 is 14.3 Å². The van der Waals surface area contributed by atoms with Crippen molar-refractivity contribution in [2.45, 2.75) is 51.5 Å². The molecule has 0 spiro atoms. The molecule has 1 N–H and O–H groups in total. The van der Waals surface area contributed by atoms with Crippen LogP contribution in [0.1, 0.15) is 55.8 Å². The van der Waals surface area contributed by atoms with Crippen molar-refractivity contribution in [2.75, 3.05) is 25.5 Å². The van der Waals surface area contributed by atoms with Crippen molar-refractivity contribution in [3.05, 3.63) is 29.8 Å². The Morgan fingerprint density at radius 1 is 1.17 bits per heavy atom. The van der Waals surface area contributed by atoms with Gasteiger partial charge in [-0.05, 0) is 38.9 Å². The Bertz CT molecular complexity index is 551. The van der Waals surface area contributed by atoms with Crippen LogP contribution in [0.4, 0.5) is 5.69 Å². The third-order valence-corrected chi connectivity index (χ3v) is 4.54. The lowest BCUT2D eigenvalue weighted by Gasteiger charge is -2.26. The number of carbonyl (C=O) groups excluding carboxylic acids is 2. The minimum atomic E-state index is -0.412. The lowest BCUT2D eigenvalue weighted by Crippen LogP contribution is -2.38. The molecule has 1 fully saturated rings. The van der Waals surface area contributed by atoms with E-state index in [1.165, 1.54) is 25.7 Å². The summed E-state index contributed by atoms with van der Waals surface area (Å²) < 4.78 is 5.04. The van der Waals surface area contributed by atoms with Crippen LogP contribution in [0.2, 0.25) is 0 Å². The van der Waals surface area contributed by atoms with Gasteiger partial charge in [-0.2, -0.15) is 0 Å². The molecule has 1 aliphatic rings. The van der Waals surface area contributed by atoms with E-state index in [1.807, 2.05) is 7.05 Å². The number of nitrogens with one attached hydrogen (secondary N) is 1. The van der Waals surface area contributed by atoms with Crippen molar-refractivity contribution in [3.8, 4) is 0 Å².